The van der Waals surface area contributed by atoms with E-state index in [1.165, 1.54) is 12.5 Å². The number of primary amides is 1. The van der Waals surface area contributed by atoms with Crippen molar-refractivity contribution < 1.29 is 43.8 Å². The molecule has 0 bridgehead atoms. The molecule has 0 aliphatic rings. The molecule has 44 heavy (non-hydrogen) atoms. The Labute approximate surface area is 258 Å². The molecule has 18 nitrogen and oxygen atoms in total. The number of carboxylic acid groups (broad SMARTS) is 2. The quantitative estimate of drug-likeness (QED) is 0.0433. The summed E-state index contributed by atoms with van der Waals surface area (Å²) in [6.45, 7) is 0.327. The Kier molecular flexibility index (Phi) is 17.1. The molecule has 1 aromatic heterocycles. The first-order valence-electron chi connectivity index (χ1n) is 13.8. The minimum absolute atomic E-state index is 0.00232. The molecule has 19 heteroatoms. The van der Waals surface area contributed by atoms with Gasteiger partial charge in [-0.25, -0.2) is 9.78 Å². The number of H-pyrrole nitrogens is 1. The van der Waals surface area contributed by atoms with Crippen LogP contribution >= 0.6 is 12.6 Å². The summed E-state index contributed by atoms with van der Waals surface area (Å²) >= 11 is 3.97. The highest BCUT2D eigenvalue weighted by Gasteiger charge is 2.32. The Morgan fingerprint density at radius 2 is 1.36 bits per heavy atom. The maximum atomic E-state index is 13.4. The number of thiol groups is 1. The van der Waals surface area contributed by atoms with Crippen LogP contribution in [0.1, 0.15) is 50.6 Å². The van der Waals surface area contributed by atoms with Gasteiger partial charge in [0.05, 0.1) is 12.4 Å². The maximum absolute atomic E-state index is 13.4. The molecule has 0 unspecified atom stereocenters. The van der Waals surface area contributed by atoms with Gasteiger partial charge in [0.1, 0.15) is 24.2 Å². The second-order valence-corrected chi connectivity index (χ2v) is 10.2. The summed E-state index contributed by atoms with van der Waals surface area (Å²) in [5.74, 6) is -6.87. The molecule has 0 fully saturated rings. The molecular formula is C25H41N9O9S. The van der Waals surface area contributed by atoms with Crippen molar-refractivity contribution in [2.24, 2.45) is 17.2 Å². The van der Waals surface area contributed by atoms with E-state index in [1.54, 1.807) is 0 Å². The van der Waals surface area contributed by atoms with E-state index >= 15 is 0 Å². The highest BCUT2D eigenvalue weighted by molar-refractivity contribution is 7.80. The monoisotopic (exact) mass is 643 g/mol. The van der Waals surface area contributed by atoms with Crippen molar-refractivity contribution in [3.63, 3.8) is 0 Å². The van der Waals surface area contributed by atoms with E-state index in [-0.39, 0.29) is 37.9 Å². The van der Waals surface area contributed by atoms with E-state index in [0.29, 0.717) is 25.1 Å². The van der Waals surface area contributed by atoms with Crippen LogP contribution in [-0.2, 0) is 40.0 Å². The van der Waals surface area contributed by atoms with Crippen molar-refractivity contribution in [3.8, 4) is 0 Å². The lowest BCUT2D eigenvalue weighted by Gasteiger charge is -2.26. The van der Waals surface area contributed by atoms with E-state index in [4.69, 9.17) is 17.2 Å². The number of carboxylic acids is 2. The van der Waals surface area contributed by atoms with Gasteiger partial charge in [-0.2, -0.15) is 12.6 Å². The minimum atomic E-state index is -1.51. The number of unbranched alkanes of at least 4 members (excludes halogenated alkanes) is 1. The number of aliphatic carboxylic acids is 2. The fourth-order valence-electron chi connectivity index (χ4n) is 3.85. The van der Waals surface area contributed by atoms with Gasteiger partial charge in [0.25, 0.3) is 0 Å². The van der Waals surface area contributed by atoms with Crippen molar-refractivity contribution in [2.45, 2.75) is 81.6 Å². The number of nitrogens with zero attached hydrogens (tertiary/aromatic N) is 1. The number of carbonyl (C=O) groups is 7. The van der Waals surface area contributed by atoms with E-state index < -0.39 is 78.1 Å². The van der Waals surface area contributed by atoms with Crippen molar-refractivity contribution >= 4 is 54.1 Å². The molecule has 0 saturated heterocycles. The zero-order valence-corrected chi connectivity index (χ0v) is 24.9. The number of hydrogen-bond donors (Lipinski definition) is 11. The molecule has 246 valence electrons. The zero-order valence-electron chi connectivity index (χ0n) is 24.0. The van der Waals surface area contributed by atoms with Gasteiger partial charge in [0.15, 0.2) is 0 Å². The van der Waals surface area contributed by atoms with Crippen LogP contribution in [0.5, 0.6) is 0 Å². The number of nitrogens with one attached hydrogen (secondary N) is 5. The number of carbonyl (C=O) groups excluding carboxylic acids is 5. The average molecular weight is 644 g/mol. The third-order valence-electron chi connectivity index (χ3n) is 6.30. The topological polar surface area (TPSA) is 315 Å². The lowest BCUT2D eigenvalue weighted by atomic mass is 10.0. The second kappa shape index (κ2) is 19.9. The van der Waals surface area contributed by atoms with Crippen LogP contribution in [0.4, 0.5) is 0 Å². The Balaban J connectivity index is 3.21. The summed E-state index contributed by atoms with van der Waals surface area (Å²) in [7, 11) is 0. The van der Waals surface area contributed by atoms with E-state index in [9.17, 15) is 43.8 Å². The number of amides is 5. The van der Waals surface area contributed by atoms with Crippen LogP contribution in [0.15, 0.2) is 12.5 Å². The summed E-state index contributed by atoms with van der Waals surface area (Å²) in [6, 6.07) is -6.58. The van der Waals surface area contributed by atoms with Crippen LogP contribution in [-0.4, -0.2) is 104 Å². The molecule has 0 aromatic carbocycles. The smallest absolute Gasteiger partial charge is 0.326 e. The summed E-state index contributed by atoms with van der Waals surface area (Å²) in [5.41, 5.74) is 16.7. The molecule has 0 saturated carbocycles. The third kappa shape index (κ3) is 14.3. The van der Waals surface area contributed by atoms with Crippen LogP contribution in [0, 0.1) is 0 Å². The zero-order chi connectivity index (χ0) is 33.2. The summed E-state index contributed by atoms with van der Waals surface area (Å²) in [4.78, 5) is 92.9. The van der Waals surface area contributed by atoms with Crippen LogP contribution in [0.2, 0.25) is 0 Å². The highest BCUT2D eigenvalue weighted by Crippen LogP contribution is 2.08. The number of aromatic nitrogens is 2. The summed E-state index contributed by atoms with van der Waals surface area (Å²) in [6.07, 6.45) is 2.00. The van der Waals surface area contributed by atoms with Crippen molar-refractivity contribution in [1.29, 1.82) is 0 Å². The molecule has 5 atom stereocenters. The van der Waals surface area contributed by atoms with Gasteiger partial charge >= 0.3 is 11.9 Å². The van der Waals surface area contributed by atoms with E-state index in [1.807, 2.05) is 0 Å². The van der Waals surface area contributed by atoms with E-state index in [2.05, 4.69) is 43.9 Å². The number of hydrogen-bond acceptors (Lipinski definition) is 11. The average Bonchev–Trinajstić information content (AvgIpc) is 3.48. The Bertz CT molecular complexity index is 1140. The van der Waals surface area contributed by atoms with Crippen molar-refractivity contribution in [3.05, 3.63) is 18.2 Å². The number of rotatable bonds is 22. The molecule has 5 amide bonds. The fourth-order valence-corrected chi connectivity index (χ4v) is 4.01. The van der Waals surface area contributed by atoms with Gasteiger partial charge in [0, 0.05) is 36.9 Å². The molecule has 0 spiro atoms. The van der Waals surface area contributed by atoms with Crippen molar-refractivity contribution in [1.82, 2.24) is 31.2 Å². The van der Waals surface area contributed by atoms with Crippen LogP contribution in [0.3, 0.4) is 0 Å². The molecule has 0 aliphatic carbocycles. The molecular weight excluding hydrogens is 602 g/mol. The predicted molar refractivity (Wildman–Crippen MR) is 158 cm³/mol. The standard InChI is InChI=1S/C25H41N9O9S/c26-8-2-1-3-15(31-21(38)14(27)11-44)22(39)32-16(5-7-20(36)37)23(40)34-18(9-13-10-29-12-30-13)24(41)33-17(25(42)43)4-6-19(28)35/h10,12,14-18,44H,1-9,11,26-27H2,(H2,28,35)(H,29,30)(H,31,38)(H,32,39)(H,33,41)(H,34,40)(H,36,37)(H,42,43)/t14-,15-,16-,17-,18-/m0/s1. The number of nitrogens with two attached hydrogens (primary N) is 3. The molecule has 13 N–H and O–H groups in total. The first-order chi connectivity index (χ1) is 20.8. The van der Waals surface area contributed by atoms with Crippen LogP contribution < -0.4 is 38.5 Å². The molecule has 1 aromatic rings. The first-order valence-corrected chi connectivity index (χ1v) is 14.4. The van der Waals surface area contributed by atoms with Crippen molar-refractivity contribution in [2.75, 3.05) is 12.3 Å². The Morgan fingerprint density at radius 1 is 0.818 bits per heavy atom. The van der Waals surface area contributed by atoms with Gasteiger partial charge in [-0.1, -0.05) is 0 Å². The largest absolute Gasteiger partial charge is 0.481 e. The normalized spacial score (nSPS) is 14.2. The van der Waals surface area contributed by atoms with Gasteiger partial charge < -0.3 is 53.7 Å². The fraction of sp³-hybridized carbons (Fsp3) is 0.600. The molecule has 1 rings (SSSR count). The maximum Gasteiger partial charge on any atom is 0.326 e. The molecule has 0 aliphatic heterocycles. The number of aromatic amines is 1. The first kappa shape index (κ1) is 37.8. The van der Waals surface area contributed by atoms with Gasteiger partial charge in [-0.3, -0.25) is 28.8 Å². The summed E-state index contributed by atoms with van der Waals surface area (Å²) < 4.78 is 0. The predicted octanol–water partition coefficient (Wildman–Crippen LogP) is -3.51. The SMILES string of the molecule is NCCCC[C@H](NC(=O)[C@@H](N)CS)C(=O)N[C@@H](CCC(=O)O)C(=O)N[C@@H](Cc1cnc[nH]1)C(=O)N[C@@H](CCC(N)=O)C(=O)O. The minimum Gasteiger partial charge on any atom is -0.481 e. The van der Waals surface area contributed by atoms with Gasteiger partial charge in [-0.05, 0) is 38.6 Å². The van der Waals surface area contributed by atoms with E-state index in [0.717, 1.165) is 0 Å². The lowest BCUT2D eigenvalue weighted by molar-refractivity contribution is -0.142. The van der Waals surface area contributed by atoms with Gasteiger partial charge in [0.2, 0.25) is 29.5 Å². The molecule has 1 heterocycles. The highest BCUT2D eigenvalue weighted by atomic mass is 32.1. The lowest BCUT2D eigenvalue weighted by Crippen LogP contribution is -2.59. The Hall–Kier alpha value is -4.23. The molecule has 0 radical (unpaired) electrons. The number of imidazole rings is 1. The third-order valence-corrected chi connectivity index (χ3v) is 6.69. The van der Waals surface area contributed by atoms with Gasteiger partial charge in [-0.15, -0.1) is 0 Å². The Morgan fingerprint density at radius 3 is 1.89 bits per heavy atom. The second-order valence-electron chi connectivity index (χ2n) is 9.87. The van der Waals surface area contributed by atoms with Crippen LogP contribution in [0.25, 0.3) is 0 Å². The summed E-state index contributed by atoms with van der Waals surface area (Å²) in [5, 5.41) is 28.3.